The fourth-order valence-electron chi connectivity index (χ4n) is 2.63. The Morgan fingerprint density at radius 3 is 2.37 bits per heavy atom. The largest absolute Gasteiger partial charge is 0.484 e. The molecule has 0 fully saturated rings. The van der Waals surface area contributed by atoms with Crippen LogP contribution < -0.4 is 10.1 Å². The summed E-state index contributed by atoms with van der Waals surface area (Å²) in [6.07, 6.45) is -2.63. The molecule has 0 unspecified atom stereocenters. The third-order valence-electron chi connectivity index (χ3n) is 4.03. The Labute approximate surface area is 170 Å². The van der Waals surface area contributed by atoms with E-state index in [2.05, 4.69) is 21.2 Å². The maximum Gasteiger partial charge on any atom is 0.422 e. The van der Waals surface area contributed by atoms with Crippen molar-refractivity contribution < 1.29 is 22.7 Å². The van der Waals surface area contributed by atoms with Crippen LogP contribution in [-0.2, 0) is 17.8 Å². The summed E-state index contributed by atoms with van der Waals surface area (Å²) in [5.41, 5.74) is 2.17. The van der Waals surface area contributed by atoms with Gasteiger partial charge >= 0.3 is 6.18 Å². The molecule has 3 rings (SSSR count). The summed E-state index contributed by atoms with van der Waals surface area (Å²) in [6.45, 7) is -0.876. The molecule has 30 heavy (non-hydrogen) atoms. The van der Waals surface area contributed by atoms with Crippen molar-refractivity contribution in [2.45, 2.75) is 19.1 Å². The van der Waals surface area contributed by atoms with E-state index in [0.29, 0.717) is 23.5 Å². The lowest BCUT2D eigenvalue weighted by Crippen LogP contribution is -2.19. The topological polar surface area (TPSA) is 79.9 Å². The zero-order valence-electron chi connectivity index (χ0n) is 15.7. The zero-order valence-corrected chi connectivity index (χ0v) is 15.7. The highest BCUT2D eigenvalue weighted by atomic mass is 19.4. The first kappa shape index (κ1) is 20.9. The number of nitrogens with one attached hydrogen (secondary N) is 1. The molecule has 0 saturated heterocycles. The Balaban J connectivity index is 1.51. The van der Waals surface area contributed by atoms with E-state index in [1.165, 1.54) is 24.3 Å². The van der Waals surface area contributed by atoms with Crippen molar-refractivity contribution in [3.05, 3.63) is 77.5 Å². The number of rotatable bonds is 7. The van der Waals surface area contributed by atoms with E-state index in [9.17, 15) is 18.0 Å². The van der Waals surface area contributed by atoms with Crippen LogP contribution in [0.4, 0.5) is 19.0 Å². The van der Waals surface area contributed by atoms with E-state index >= 15 is 0 Å². The van der Waals surface area contributed by atoms with Gasteiger partial charge in [-0.2, -0.15) is 23.5 Å². The minimum atomic E-state index is -4.40. The van der Waals surface area contributed by atoms with Crippen LogP contribution in [0, 0.1) is 11.3 Å². The first-order valence-corrected chi connectivity index (χ1v) is 8.91. The molecule has 154 valence electrons. The summed E-state index contributed by atoms with van der Waals surface area (Å²) in [6, 6.07) is 16.7. The van der Waals surface area contributed by atoms with E-state index in [1.54, 1.807) is 29.1 Å². The van der Waals surface area contributed by atoms with Crippen LogP contribution in [0.3, 0.4) is 0 Å². The van der Waals surface area contributed by atoms with Crippen molar-refractivity contribution in [1.29, 1.82) is 5.26 Å². The lowest BCUT2D eigenvalue weighted by molar-refractivity contribution is -0.153. The second-order valence-electron chi connectivity index (χ2n) is 6.48. The average molecular weight is 414 g/mol. The van der Waals surface area contributed by atoms with Crippen molar-refractivity contribution >= 4 is 11.7 Å². The molecule has 0 spiro atoms. The first-order valence-electron chi connectivity index (χ1n) is 8.91. The molecule has 0 aliphatic carbocycles. The molecule has 1 heterocycles. The number of halogens is 3. The van der Waals surface area contributed by atoms with E-state index in [1.807, 2.05) is 12.1 Å². The van der Waals surface area contributed by atoms with E-state index < -0.39 is 12.8 Å². The van der Waals surface area contributed by atoms with E-state index in [-0.39, 0.29) is 18.1 Å². The summed E-state index contributed by atoms with van der Waals surface area (Å²) >= 11 is 0. The van der Waals surface area contributed by atoms with Crippen LogP contribution in [0.5, 0.6) is 5.75 Å². The highest BCUT2D eigenvalue weighted by Crippen LogP contribution is 2.19. The summed E-state index contributed by atoms with van der Waals surface area (Å²) in [4.78, 5) is 12.2. The SMILES string of the molecule is N#Cc1ccc(Cn2ccc(NC(=O)Cc3ccc(OCC(F)(F)F)cc3)n2)cc1. The number of alkyl halides is 3. The molecule has 1 N–H and O–H groups in total. The molecule has 0 radical (unpaired) electrons. The summed E-state index contributed by atoms with van der Waals surface area (Å²) in [5, 5.41) is 15.8. The second-order valence-corrected chi connectivity index (χ2v) is 6.48. The predicted octanol–water partition coefficient (Wildman–Crippen LogP) is 3.93. The average Bonchev–Trinajstić information content (AvgIpc) is 3.14. The standard InChI is InChI=1S/C21H17F3N4O2/c22-21(23,24)14-30-18-7-5-15(6-8-18)11-20(29)26-19-9-10-28(27-19)13-17-3-1-16(12-25)2-4-17/h1-10H,11,13-14H2,(H,26,27,29). The quantitative estimate of drug-likeness (QED) is 0.635. The van der Waals surface area contributed by atoms with Gasteiger partial charge in [-0.1, -0.05) is 24.3 Å². The third-order valence-corrected chi connectivity index (χ3v) is 4.03. The number of carbonyl (C=O) groups excluding carboxylic acids is 1. The minimum Gasteiger partial charge on any atom is -0.484 e. The number of aromatic nitrogens is 2. The smallest absolute Gasteiger partial charge is 0.422 e. The number of hydrogen-bond donors (Lipinski definition) is 1. The fraction of sp³-hybridized carbons (Fsp3) is 0.190. The van der Waals surface area contributed by atoms with Crippen molar-refractivity contribution in [3.63, 3.8) is 0 Å². The molecule has 6 nitrogen and oxygen atoms in total. The Hall–Kier alpha value is -3.80. The van der Waals surface area contributed by atoms with Gasteiger partial charge in [0.15, 0.2) is 12.4 Å². The lowest BCUT2D eigenvalue weighted by Gasteiger charge is -2.09. The number of amides is 1. The molecular formula is C21H17F3N4O2. The van der Waals surface area contributed by atoms with Crippen LogP contribution in [0.25, 0.3) is 0 Å². The van der Waals surface area contributed by atoms with Crippen LogP contribution in [0.1, 0.15) is 16.7 Å². The monoisotopic (exact) mass is 414 g/mol. The molecule has 1 amide bonds. The number of anilines is 1. The summed E-state index contributed by atoms with van der Waals surface area (Å²) in [5.74, 6) is 0.166. The van der Waals surface area contributed by atoms with Crippen LogP contribution >= 0.6 is 0 Å². The van der Waals surface area contributed by atoms with E-state index in [4.69, 9.17) is 5.26 Å². The number of benzene rings is 2. The molecule has 0 aliphatic rings. The molecule has 1 aromatic heterocycles. The lowest BCUT2D eigenvalue weighted by atomic mass is 10.1. The highest BCUT2D eigenvalue weighted by Gasteiger charge is 2.28. The first-order chi connectivity index (χ1) is 14.3. The molecule has 0 saturated carbocycles. The Morgan fingerprint density at radius 1 is 1.07 bits per heavy atom. The molecule has 2 aromatic carbocycles. The van der Waals surface area contributed by atoms with Gasteiger partial charge in [-0.25, -0.2) is 0 Å². The number of ether oxygens (including phenoxy) is 1. The van der Waals surface area contributed by atoms with Gasteiger partial charge in [0.25, 0.3) is 0 Å². The van der Waals surface area contributed by atoms with Gasteiger partial charge in [0.1, 0.15) is 5.75 Å². The van der Waals surface area contributed by atoms with Crippen molar-refractivity contribution in [2.24, 2.45) is 0 Å². The zero-order chi connectivity index (χ0) is 21.6. The Kier molecular flexibility index (Phi) is 6.37. The van der Waals surface area contributed by atoms with Gasteiger partial charge in [0.05, 0.1) is 24.6 Å². The maximum absolute atomic E-state index is 12.2. The van der Waals surface area contributed by atoms with Gasteiger partial charge in [0, 0.05) is 12.3 Å². The van der Waals surface area contributed by atoms with Gasteiger partial charge < -0.3 is 10.1 Å². The number of hydrogen-bond acceptors (Lipinski definition) is 4. The number of nitriles is 1. The van der Waals surface area contributed by atoms with Gasteiger partial charge in [-0.3, -0.25) is 9.48 Å². The van der Waals surface area contributed by atoms with Crippen LogP contribution in [-0.4, -0.2) is 28.5 Å². The molecule has 0 bridgehead atoms. The Bertz CT molecular complexity index is 1040. The number of nitrogens with zero attached hydrogens (tertiary/aromatic N) is 3. The van der Waals surface area contributed by atoms with Crippen molar-refractivity contribution in [1.82, 2.24) is 9.78 Å². The van der Waals surface area contributed by atoms with Crippen LogP contribution in [0.2, 0.25) is 0 Å². The molecule has 0 aliphatic heterocycles. The molecule has 9 heteroatoms. The summed E-state index contributed by atoms with van der Waals surface area (Å²) < 4.78 is 42.8. The predicted molar refractivity (Wildman–Crippen MR) is 103 cm³/mol. The minimum absolute atomic E-state index is 0.0437. The molecular weight excluding hydrogens is 397 g/mol. The van der Waals surface area contributed by atoms with Crippen molar-refractivity contribution in [2.75, 3.05) is 11.9 Å². The second kappa shape index (κ2) is 9.13. The van der Waals surface area contributed by atoms with Gasteiger partial charge in [-0.05, 0) is 35.4 Å². The third kappa shape index (κ3) is 6.38. The van der Waals surface area contributed by atoms with Gasteiger partial charge in [-0.15, -0.1) is 0 Å². The normalized spacial score (nSPS) is 11.0. The summed E-state index contributed by atoms with van der Waals surface area (Å²) in [7, 11) is 0. The Morgan fingerprint density at radius 2 is 1.73 bits per heavy atom. The maximum atomic E-state index is 12.2. The van der Waals surface area contributed by atoms with Crippen molar-refractivity contribution in [3.8, 4) is 11.8 Å². The molecule has 3 aromatic rings. The van der Waals surface area contributed by atoms with E-state index in [0.717, 1.165) is 5.56 Å². The molecule has 0 atom stereocenters. The van der Waals surface area contributed by atoms with Crippen LogP contribution in [0.15, 0.2) is 60.8 Å². The van der Waals surface area contributed by atoms with Gasteiger partial charge in [0.2, 0.25) is 5.91 Å². The highest BCUT2D eigenvalue weighted by molar-refractivity contribution is 5.91. The fourth-order valence-corrected chi connectivity index (χ4v) is 2.63. The number of carbonyl (C=O) groups is 1.